The van der Waals surface area contributed by atoms with Crippen LogP contribution in [0, 0.1) is 0 Å². The lowest BCUT2D eigenvalue weighted by Crippen LogP contribution is -2.44. The maximum atomic E-state index is 12.6. The molecular weight excluding hydrogens is 240 g/mol. The zero-order chi connectivity index (χ0) is 14.0. The zero-order valence-electron chi connectivity index (χ0n) is 12.1. The standard InChI is InChI=1S/C15H22N2O2/c1-5-15(2,3)17(4)14(18)11-7-6-8-12-13(11)19-10-9-16-12/h6-8,16H,5,9-10H2,1-4H3. The van der Waals surface area contributed by atoms with Crippen LogP contribution in [0.2, 0.25) is 0 Å². The highest BCUT2D eigenvalue weighted by molar-refractivity contribution is 5.99. The molecule has 1 aliphatic heterocycles. The van der Waals surface area contributed by atoms with E-state index in [0.717, 1.165) is 18.7 Å². The van der Waals surface area contributed by atoms with Gasteiger partial charge in [-0.25, -0.2) is 0 Å². The molecule has 0 atom stereocenters. The average Bonchev–Trinajstić information content (AvgIpc) is 2.45. The molecule has 1 aliphatic rings. The number of carbonyl (C=O) groups excluding carboxylic acids is 1. The predicted octanol–water partition coefficient (Wildman–Crippen LogP) is 2.75. The topological polar surface area (TPSA) is 41.6 Å². The minimum absolute atomic E-state index is 0.00685. The number of rotatable bonds is 3. The highest BCUT2D eigenvalue weighted by Crippen LogP contribution is 2.33. The van der Waals surface area contributed by atoms with Gasteiger partial charge in [-0.05, 0) is 32.4 Å². The van der Waals surface area contributed by atoms with Crippen molar-refractivity contribution in [1.82, 2.24) is 4.90 Å². The minimum atomic E-state index is -0.165. The van der Waals surface area contributed by atoms with Gasteiger partial charge in [0, 0.05) is 19.1 Å². The van der Waals surface area contributed by atoms with Crippen LogP contribution < -0.4 is 10.1 Å². The second-order valence-corrected chi connectivity index (χ2v) is 5.49. The number of amides is 1. The Balaban J connectivity index is 2.34. The zero-order valence-corrected chi connectivity index (χ0v) is 12.1. The number of nitrogens with one attached hydrogen (secondary N) is 1. The van der Waals surface area contributed by atoms with Crippen LogP contribution in [0.4, 0.5) is 5.69 Å². The van der Waals surface area contributed by atoms with E-state index in [9.17, 15) is 4.79 Å². The molecule has 4 heteroatoms. The molecule has 2 rings (SSSR count). The first-order chi connectivity index (χ1) is 8.97. The van der Waals surface area contributed by atoms with Crippen molar-refractivity contribution in [1.29, 1.82) is 0 Å². The van der Waals surface area contributed by atoms with Crippen LogP contribution >= 0.6 is 0 Å². The monoisotopic (exact) mass is 262 g/mol. The Bertz CT molecular complexity index is 483. The molecule has 0 saturated heterocycles. The van der Waals surface area contributed by atoms with E-state index in [1.54, 1.807) is 4.90 Å². The third-order valence-corrected chi connectivity index (χ3v) is 3.99. The molecule has 1 aromatic carbocycles. The van der Waals surface area contributed by atoms with Crippen LogP contribution in [0.25, 0.3) is 0 Å². The number of fused-ring (bicyclic) bond motifs is 1. The van der Waals surface area contributed by atoms with Crippen molar-refractivity contribution in [3.63, 3.8) is 0 Å². The fourth-order valence-corrected chi connectivity index (χ4v) is 2.03. The first-order valence-electron chi connectivity index (χ1n) is 6.75. The Morgan fingerprint density at radius 1 is 1.47 bits per heavy atom. The number of ether oxygens (including phenoxy) is 1. The quantitative estimate of drug-likeness (QED) is 0.910. The maximum Gasteiger partial charge on any atom is 0.257 e. The van der Waals surface area contributed by atoms with Crippen molar-refractivity contribution in [3.8, 4) is 5.75 Å². The van der Waals surface area contributed by atoms with Gasteiger partial charge in [0.2, 0.25) is 0 Å². The number of benzene rings is 1. The summed E-state index contributed by atoms with van der Waals surface area (Å²) < 4.78 is 5.66. The second-order valence-electron chi connectivity index (χ2n) is 5.49. The van der Waals surface area contributed by atoms with Gasteiger partial charge in [-0.15, -0.1) is 0 Å². The SMILES string of the molecule is CCC(C)(C)N(C)C(=O)c1cccc2c1OCCN2. The predicted molar refractivity (Wildman–Crippen MR) is 76.9 cm³/mol. The Morgan fingerprint density at radius 3 is 2.89 bits per heavy atom. The Hall–Kier alpha value is -1.71. The lowest BCUT2D eigenvalue weighted by atomic mass is 9.98. The number of carbonyl (C=O) groups is 1. The summed E-state index contributed by atoms with van der Waals surface area (Å²) in [6, 6.07) is 5.66. The van der Waals surface area contributed by atoms with Gasteiger partial charge in [-0.2, -0.15) is 0 Å². The molecule has 0 unspecified atom stereocenters. The number of nitrogens with zero attached hydrogens (tertiary/aromatic N) is 1. The lowest BCUT2D eigenvalue weighted by Gasteiger charge is -2.35. The minimum Gasteiger partial charge on any atom is -0.489 e. The smallest absolute Gasteiger partial charge is 0.257 e. The van der Waals surface area contributed by atoms with E-state index >= 15 is 0 Å². The van der Waals surface area contributed by atoms with Crippen molar-refractivity contribution in [3.05, 3.63) is 23.8 Å². The highest BCUT2D eigenvalue weighted by atomic mass is 16.5. The molecule has 1 aromatic rings. The number of para-hydroxylation sites is 1. The van der Waals surface area contributed by atoms with Crippen LogP contribution in [0.3, 0.4) is 0 Å². The largest absolute Gasteiger partial charge is 0.489 e. The second kappa shape index (κ2) is 5.11. The van der Waals surface area contributed by atoms with Crippen LogP contribution in [0.15, 0.2) is 18.2 Å². The van der Waals surface area contributed by atoms with Crippen LogP contribution in [-0.2, 0) is 0 Å². The molecule has 0 aliphatic carbocycles. The Morgan fingerprint density at radius 2 is 2.21 bits per heavy atom. The summed E-state index contributed by atoms with van der Waals surface area (Å²) in [6.45, 7) is 7.60. The summed E-state index contributed by atoms with van der Waals surface area (Å²) in [5.41, 5.74) is 1.37. The summed E-state index contributed by atoms with van der Waals surface area (Å²) in [6.07, 6.45) is 0.906. The van der Waals surface area contributed by atoms with Gasteiger partial charge in [0.1, 0.15) is 6.61 Å². The van der Waals surface area contributed by atoms with Gasteiger partial charge in [-0.3, -0.25) is 4.79 Å². The molecule has 0 bridgehead atoms. The molecule has 1 N–H and O–H groups in total. The summed E-state index contributed by atoms with van der Waals surface area (Å²) in [5.74, 6) is 0.685. The van der Waals surface area contributed by atoms with Crippen molar-refractivity contribution in [2.24, 2.45) is 0 Å². The Labute approximate surface area is 114 Å². The number of hydrogen-bond acceptors (Lipinski definition) is 3. The van der Waals surface area contributed by atoms with E-state index in [2.05, 4.69) is 26.1 Å². The lowest BCUT2D eigenvalue weighted by molar-refractivity contribution is 0.0616. The maximum absolute atomic E-state index is 12.6. The van der Waals surface area contributed by atoms with Gasteiger partial charge < -0.3 is 15.0 Å². The first-order valence-corrected chi connectivity index (χ1v) is 6.75. The first kappa shape index (κ1) is 13.7. The van der Waals surface area contributed by atoms with Crippen LogP contribution in [0.5, 0.6) is 5.75 Å². The summed E-state index contributed by atoms with van der Waals surface area (Å²) in [7, 11) is 1.85. The molecule has 0 aromatic heterocycles. The van der Waals surface area contributed by atoms with E-state index < -0.39 is 0 Å². The normalized spacial score (nSPS) is 14.1. The van der Waals surface area contributed by atoms with Crippen molar-refractivity contribution < 1.29 is 9.53 Å². The fraction of sp³-hybridized carbons (Fsp3) is 0.533. The molecule has 19 heavy (non-hydrogen) atoms. The van der Waals surface area contributed by atoms with Gasteiger partial charge in [-0.1, -0.05) is 13.0 Å². The van der Waals surface area contributed by atoms with E-state index in [4.69, 9.17) is 4.74 Å². The summed E-state index contributed by atoms with van der Waals surface area (Å²) in [4.78, 5) is 14.4. The number of hydrogen-bond donors (Lipinski definition) is 1. The molecule has 0 fully saturated rings. The third-order valence-electron chi connectivity index (χ3n) is 3.99. The average molecular weight is 262 g/mol. The molecule has 4 nitrogen and oxygen atoms in total. The van der Waals surface area contributed by atoms with Crippen molar-refractivity contribution >= 4 is 11.6 Å². The molecule has 1 amide bonds. The van der Waals surface area contributed by atoms with Gasteiger partial charge in [0.05, 0.1) is 11.3 Å². The van der Waals surface area contributed by atoms with E-state index in [1.807, 2.05) is 25.2 Å². The van der Waals surface area contributed by atoms with Crippen molar-refractivity contribution in [2.75, 3.05) is 25.5 Å². The molecular formula is C15H22N2O2. The van der Waals surface area contributed by atoms with E-state index in [0.29, 0.717) is 17.9 Å². The van der Waals surface area contributed by atoms with E-state index in [1.165, 1.54) is 0 Å². The summed E-state index contributed by atoms with van der Waals surface area (Å²) >= 11 is 0. The van der Waals surface area contributed by atoms with Crippen LogP contribution in [-0.4, -0.2) is 36.5 Å². The molecule has 104 valence electrons. The molecule has 1 heterocycles. The Kier molecular flexibility index (Phi) is 3.69. The van der Waals surface area contributed by atoms with E-state index in [-0.39, 0.29) is 11.4 Å². The highest BCUT2D eigenvalue weighted by Gasteiger charge is 2.29. The molecule has 0 spiro atoms. The van der Waals surface area contributed by atoms with Gasteiger partial charge >= 0.3 is 0 Å². The summed E-state index contributed by atoms with van der Waals surface area (Å²) in [5, 5.41) is 3.25. The third kappa shape index (κ3) is 2.53. The van der Waals surface area contributed by atoms with Crippen LogP contribution in [0.1, 0.15) is 37.6 Å². The molecule has 0 saturated carbocycles. The number of anilines is 1. The van der Waals surface area contributed by atoms with Gasteiger partial charge in [0.25, 0.3) is 5.91 Å². The van der Waals surface area contributed by atoms with Gasteiger partial charge in [0.15, 0.2) is 5.75 Å². The molecule has 0 radical (unpaired) electrons. The van der Waals surface area contributed by atoms with Crippen molar-refractivity contribution in [2.45, 2.75) is 32.7 Å². The fourth-order valence-electron chi connectivity index (χ4n) is 2.03.